The van der Waals surface area contributed by atoms with E-state index in [-0.39, 0.29) is 11.5 Å². The normalized spacial score (nSPS) is 11.5. The maximum Gasteiger partial charge on any atom is 0.339 e. The van der Waals surface area contributed by atoms with Crippen LogP contribution in [0.25, 0.3) is 11.1 Å². The van der Waals surface area contributed by atoms with Gasteiger partial charge in [0.15, 0.2) is 6.10 Å². The van der Waals surface area contributed by atoms with Crippen molar-refractivity contribution >= 4 is 11.8 Å². The van der Waals surface area contributed by atoms with Gasteiger partial charge in [0.05, 0.1) is 5.56 Å². The van der Waals surface area contributed by atoms with Crippen molar-refractivity contribution in [3.8, 4) is 16.9 Å². The average molecular weight is 408 g/mol. The molecule has 0 saturated carbocycles. The van der Waals surface area contributed by atoms with E-state index in [1.165, 1.54) is 0 Å². The van der Waals surface area contributed by atoms with Gasteiger partial charge in [0, 0.05) is 11.1 Å². The van der Waals surface area contributed by atoms with E-state index in [4.69, 9.17) is 4.74 Å². The van der Waals surface area contributed by atoms with E-state index in [1.54, 1.807) is 84.9 Å². The molecule has 4 nitrogen and oxygen atoms in total. The Morgan fingerprint density at radius 3 is 1.90 bits per heavy atom. The summed E-state index contributed by atoms with van der Waals surface area (Å²) in [5, 5.41) is 9.74. The highest BCUT2D eigenvalue weighted by atomic mass is 16.5. The number of hydrogen-bond donors (Lipinski definition) is 1. The largest absolute Gasteiger partial charge is 0.508 e. The van der Waals surface area contributed by atoms with E-state index in [9.17, 15) is 14.7 Å². The molecular weight excluding hydrogens is 388 g/mol. The highest BCUT2D eigenvalue weighted by Gasteiger charge is 2.26. The second-order valence-corrected chi connectivity index (χ2v) is 7.06. The Labute approximate surface area is 180 Å². The van der Waals surface area contributed by atoms with Gasteiger partial charge in [-0.15, -0.1) is 0 Å². The van der Waals surface area contributed by atoms with Gasteiger partial charge in [0.1, 0.15) is 5.75 Å². The molecule has 1 unspecified atom stereocenters. The van der Waals surface area contributed by atoms with Crippen molar-refractivity contribution in [3.05, 3.63) is 126 Å². The molecule has 4 aromatic rings. The summed E-state index contributed by atoms with van der Waals surface area (Å²) in [6.45, 7) is 0. The molecule has 0 heterocycles. The number of benzene rings is 4. The van der Waals surface area contributed by atoms with E-state index >= 15 is 0 Å². The standard InChI is InChI=1S/C27H20O4/c28-24-16-8-14-22(18-24)21-13-7-15-23(17-21)27(30)31-26(20-11-5-2-6-12-20)25(29)19-9-3-1-4-10-19/h1-18,26,28H. The highest BCUT2D eigenvalue weighted by Crippen LogP contribution is 2.27. The van der Waals surface area contributed by atoms with Crippen LogP contribution in [0.2, 0.25) is 0 Å². The van der Waals surface area contributed by atoms with E-state index < -0.39 is 12.1 Å². The molecule has 0 aliphatic rings. The van der Waals surface area contributed by atoms with E-state index in [2.05, 4.69) is 0 Å². The van der Waals surface area contributed by atoms with Gasteiger partial charge in [-0.2, -0.15) is 0 Å². The second kappa shape index (κ2) is 9.09. The third kappa shape index (κ3) is 4.70. The van der Waals surface area contributed by atoms with Gasteiger partial charge in [-0.3, -0.25) is 4.79 Å². The minimum Gasteiger partial charge on any atom is -0.508 e. The lowest BCUT2D eigenvalue weighted by atomic mass is 9.99. The predicted octanol–water partition coefficient (Wildman–Crippen LogP) is 5.84. The van der Waals surface area contributed by atoms with Crippen molar-refractivity contribution in [3.63, 3.8) is 0 Å². The summed E-state index contributed by atoms with van der Waals surface area (Å²) in [7, 11) is 0. The number of ether oxygens (including phenoxy) is 1. The lowest BCUT2D eigenvalue weighted by Crippen LogP contribution is -2.20. The minimum atomic E-state index is -1.06. The highest BCUT2D eigenvalue weighted by molar-refractivity contribution is 6.02. The van der Waals surface area contributed by atoms with Gasteiger partial charge >= 0.3 is 5.97 Å². The van der Waals surface area contributed by atoms with Gasteiger partial charge in [-0.05, 0) is 35.4 Å². The molecule has 1 N–H and O–H groups in total. The molecule has 152 valence electrons. The number of hydrogen-bond acceptors (Lipinski definition) is 4. The zero-order valence-corrected chi connectivity index (χ0v) is 16.6. The Morgan fingerprint density at radius 1 is 0.645 bits per heavy atom. The number of aromatic hydroxyl groups is 1. The number of Topliss-reactive ketones (excluding diaryl/α,β-unsaturated/α-hetero) is 1. The lowest BCUT2D eigenvalue weighted by molar-refractivity contribution is 0.0280. The van der Waals surface area contributed by atoms with Crippen LogP contribution in [0.4, 0.5) is 0 Å². The number of carbonyl (C=O) groups is 2. The lowest BCUT2D eigenvalue weighted by Gasteiger charge is -2.18. The van der Waals surface area contributed by atoms with Crippen molar-refractivity contribution in [2.75, 3.05) is 0 Å². The van der Waals surface area contributed by atoms with Gasteiger partial charge in [-0.25, -0.2) is 4.79 Å². The molecule has 0 fully saturated rings. The Balaban J connectivity index is 1.64. The Kier molecular flexibility index (Phi) is 5.90. The third-order valence-corrected chi connectivity index (χ3v) is 4.90. The number of carbonyl (C=O) groups excluding carboxylic acids is 2. The SMILES string of the molecule is O=C(OC(C(=O)c1ccccc1)c1ccccc1)c1cccc(-c2cccc(O)c2)c1. The van der Waals surface area contributed by atoms with Crippen molar-refractivity contribution < 1.29 is 19.4 Å². The molecule has 1 atom stereocenters. The molecule has 0 amide bonds. The first-order valence-electron chi connectivity index (χ1n) is 9.86. The van der Waals surface area contributed by atoms with Crippen molar-refractivity contribution in [2.45, 2.75) is 6.10 Å². The molecule has 4 rings (SSSR count). The minimum absolute atomic E-state index is 0.142. The molecule has 4 aromatic carbocycles. The molecule has 0 bridgehead atoms. The second-order valence-electron chi connectivity index (χ2n) is 7.06. The van der Waals surface area contributed by atoms with Crippen LogP contribution in [0.5, 0.6) is 5.75 Å². The molecule has 0 saturated heterocycles. The molecule has 0 aliphatic carbocycles. The quantitative estimate of drug-likeness (QED) is 0.322. The molecule has 0 aliphatic heterocycles. The smallest absolute Gasteiger partial charge is 0.339 e. The van der Waals surface area contributed by atoms with Gasteiger partial charge < -0.3 is 9.84 Å². The van der Waals surface area contributed by atoms with E-state index in [0.29, 0.717) is 16.7 Å². The van der Waals surface area contributed by atoms with Crippen LogP contribution in [-0.2, 0) is 4.74 Å². The fourth-order valence-electron chi connectivity index (χ4n) is 3.34. The van der Waals surface area contributed by atoms with Crippen LogP contribution in [0, 0.1) is 0 Å². The maximum absolute atomic E-state index is 13.1. The molecule has 0 spiro atoms. The van der Waals surface area contributed by atoms with Crippen LogP contribution in [0.15, 0.2) is 109 Å². The summed E-state index contributed by atoms with van der Waals surface area (Å²) in [6.07, 6.45) is -1.06. The first kappa shape index (κ1) is 20.1. The molecule has 4 heteroatoms. The molecular formula is C27H20O4. The number of esters is 1. The monoisotopic (exact) mass is 408 g/mol. The van der Waals surface area contributed by atoms with Crippen LogP contribution in [0.1, 0.15) is 32.4 Å². The molecule has 31 heavy (non-hydrogen) atoms. The summed E-state index contributed by atoms with van der Waals surface area (Å²) >= 11 is 0. The third-order valence-electron chi connectivity index (χ3n) is 4.90. The molecule has 0 radical (unpaired) electrons. The summed E-state index contributed by atoms with van der Waals surface area (Å²) in [5.74, 6) is -0.743. The first-order chi connectivity index (χ1) is 15.1. The first-order valence-corrected chi connectivity index (χ1v) is 9.86. The topological polar surface area (TPSA) is 63.6 Å². The Hall–Kier alpha value is -4.18. The van der Waals surface area contributed by atoms with Crippen molar-refractivity contribution in [1.29, 1.82) is 0 Å². The maximum atomic E-state index is 13.1. The van der Waals surface area contributed by atoms with Crippen molar-refractivity contribution in [1.82, 2.24) is 0 Å². The fraction of sp³-hybridized carbons (Fsp3) is 0.0370. The van der Waals surface area contributed by atoms with Crippen LogP contribution < -0.4 is 0 Å². The van der Waals surface area contributed by atoms with Gasteiger partial charge in [-0.1, -0.05) is 84.9 Å². The number of rotatable bonds is 6. The van der Waals surface area contributed by atoms with Crippen LogP contribution in [-0.4, -0.2) is 16.9 Å². The number of phenolic OH excluding ortho intramolecular Hbond substituents is 1. The van der Waals surface area contributed by atoms with Crippen molar-refractivity contribution in [2.24, 2.45) is 0 Å². The zero-order valence-electron chi connectivity index (χ0n) is 16.6. The summed E-state index contributed by atoms with van der Waals surface area (Å²) in [5.41, 5.74) is 2.93. The van der Waals surface area contributed by atoms with Gasteiger partial charge in [0.2, 0.25) is 5.78 Å². The number of phenols is 1. The zero-order chi connectivity index (χ0) is 21.6. The summed E-state index contributed by atoms with van der Waals surface area (Å²) in [6, 6.07) is 31.5. The Bertz CT molecular complexity index is 1200. The number of ketones is 1. The molecule has 0 aromatic heterocycles. The van der Waals surface area contributed by atoms with Crippen LogP contribution >= 0.6 is 0 Å². The Morgan fingerprint density at radius 2 is 1.23 bits per heavy atom. The average Bonchev–Trinajstić information content (AvgIpc) is 2.83. The summed E-state index contributed by atoms with van der Waals surface area (Å²) in [4.78, 5) is 26.1. The fourth-order valence-corrected chi connectivity index (χ4v) is 3.34. The van der Waals surface area contributed by atoms with Gasteiger partial charge in [0.25, 0.3) is 0 Å². The predicted molar refractivity (Wildman–Crippen MR) is 119 cm³/mol. The van der Waals surface area contributed by atoms with E-state index in [0.717, 1.165) is 11.1 Å². The summed E-state index contributed by atoms with van der Waals surface area (Å²) < 4.78 is 5.72. The van der Waals surface area contributed by atoms with E-state index in [1.807, 2.05) is 24.3 Å². The van der Waals surface area contributed by atoms with Crippen LogP contribution in [0.3, 0.4) is 0 Å².